The first-order valence-corrected chi connectivity index (χ1v) is 10.2. The van der Waals surface area contributed by atoms with E-state index in [2.05, 4.69) is 0 Å². The predicted octanol–water partition coefficient (Wildman–Crippen LogP) is 5.34. The van der Waals surface area contributed by atoms with Crippen LogP contribution in [0.3, 0.4) is 0 Å². The molecule has 0 radical (unpaired) electrons. The Labute approximate surface area is 142 Å². The van der Waals surface area contributed by atoms with Crippen molar-refractivity contribution in [3.8, 4) is 11.1 Å². The zero-order valence-corrected chi connectivity index (χ0v) is 15.4. The minimum atomic E-state index is -4.32. The van der Waals surface area contributed by atoms with Gasteiger partial charge >= 0.3 is 6.18 Å². The molecule has 130 valence electrons. The number of hydrogen-bond donors (Lipinski definition) is 1. The molecule has 0 unspecified atom stereocenters. The van der Waals surface area contributed by atoms with Crippen molar-refractivity contribution >= 4 is 13.5 Å². The number of hydrogen-bond acceptors (Lipinski definition) is 1. The van der Waals surface area contributed by atoms with Crippen LogP contribution in [0.1, 0.15) is 33.3 Å². The van der Waals surface area contributed by atoms with Gasteiger partial charge < -0.3 is 4.80 Å². The van der Waals surface area contributed by atoms with Crippen LogP contribution in [-0.2, 0) is 6.18 Å². The summed E-state index contributed by atoms with van der Waals surface area (Å²) in [6, 6.07) is 12.7. The molecule has 1 N–H and O–H groups in total. The van der Waals surface area contributed by atoms with Crippen LogP contribution in [0.15, 0.2) is 48.5 Å². The lowest BCUT2D eigenvalue weighted by Crippen LogP contribution is -2.53. The summed E-state index contributed by atoms with van der Waals surface area (Å²) in [6.45, 7) is 8.15. The van der Waals surface area contributed by atoms with Crippen LogP contribution in [0.5, 0.6) is 0 Å². The molecule has 0 spiro atoms. The predicted molar refractivity (Wildman–Crippen MR) is 94.7 cm³/mol. The Morgan fingerprint density at radius 3 is 1.46 bits per heavy atom. The molecule has 0 fully saturated rings. The van der Waals surface area contributed by atoms with Crippen LogP contribution < -0.4 is 5.19 Å². The smallest absolute Gasteiger partial charge is 0.416 e. The van der Waals surface area contributed by atoms with E-state index in [0.29, 0.717) is 0 Å². The maximum atomic E-state index is 12.6. The normalized spacial score (nSPS) is 12.9. The van der Waals surface area contributed by atoms with Gasteiger partial charge in [-0.05, 0) is 39.5 Å². The van der Waals surface area contributed by atoms with E-state index in [9.17, 15) is 18.0 Å². The summed E-state index contributed by atoms with van der Waals surface area (Å²) in [7, 11) is -2.59. The van der Waals surface area contributed by atoms with Gasteiger partial charge in [0.15, 0.2) is 0 Å². The lowest BCUT2D eigenvalue weighted by molar-refractivity contribution is -0.137. The van der Waals surface area contributed by atoms with Gasteiger partial charge in [0.05, 0.1) is 5.56 Å². The van der Waals surface area contributed by atoms with Crippen molar-refractivity contribution in [2.24, 2.45) is 0 Å². The van der Waals surface area contributed by atoms with Gasteiger partial charge in [0, 0.05) is 0 Å². The van der Waals surface area contributed by atoms with E-state index >= 15 is 0 Å². The van der Waals surface area contributed by atoms with Crippen LogP contribution >= 0.6 is 0 Å². The maximum absolute atomic E-state index is 12.6. The Morgan fingerprint density at radius 1 is 0.750 bits per heavy atom. The van der Waals surface area contributed by atoms with Crippen molar-refractivity contribution in [2.45, 2.75) is 45.0 Å². The molecule has 0 aliphatic rings. The zero-order chi connectivity index (χ0) is 18.1. The highest BCUT2D eigenvalue weighted by molar-refractivity contribution is 6.87. The highest BCUT2D eigenvalue weighted by Gasteiger charge is 2.40. The summed E-state index contributed by atoms with van der Waals surface area (Å²) in [5.41, 5.74) is 1.30. The Balaban J connectivity index is 2.33. The standard InChI is InChI=1S/C19H23F3OSi/c1-13(2)24(23,14(3)4)18-11-7-16(8-12-18)15-5-9-17(10-6-15)19(20,21)22/h5-14,23H,1-4H3. The van der Waals surface area contributed by atoms with E-state index in [0.717, 1.165) is 28.4 Å². The summed E-state index contributed by atoms with van der Waals surface area (Å²) in [6.07, 6.45) is -4.32. The molecule has 1 nitrogen and oxygen atoms in total. The summed E-state index contributed by atoms with van der Waals surface area (Å²) in [5.74, 6) is 0. The first-order chi connectivity index (χ1) is 11.1. The highest BCUT2D eigenvalue weighted by atomic mass is 28.4. The first kappa shape index (κ1) is 18.7. The van der Waals surface area contributed by atoms with Crippen molar-refractivity contribution in [1.82, 2.24) is 0 Å². The third kappa shape index (κ3) is 3.57. The minimum Gasteiger partial charge on any atom is -0.427 e. The monoisotopic (exact) mass is 352 g/mol. The molecule has 0 bridgehead atoms. The van der Waals surface area contributed by atoms with Crippen LogP contribution in [0, 0.1) is 0 Å². The fraction of sp³-hybridized carbons (Fsp3) is 0.368. The molecule has 0 aromatic heterocycles. The van der Waals surface area contributed by atoms with E-state index in [1.54, 1.807) is 0 Å². The van der Waals surface area contributed by atoms with Crippen molar-refractivity contribution < 1.29 is 18.0 Å². The molecule has 24 heavy (non-hydrogen) atoms. The quantitative estimate of drug-likeness (QED) is 0.737. The van der Waals surface area contributed by atoms with Gasteiger partial charge in [0.25, 0.3) is 0 Å². The average molecular weight is 352 g/mol. The second-order valence-electron chi connectivity index (χ2n) is 6.79. The number of benzene rings is 2. The lowest BCUT2D eigenvalue weighted by atomic mass is 10.0. The molecule has 0 saturated carbocycles. The largest absolute Gasteiger partial charge is 0.427 e. The molecule has 2 aromatic carbocycles. The molecule has 2 aromatic rings. The fourth-order valence-corrected chi connectivity index (χ4v) is 6.48. The molecular formula is C19H23F3OSi. The molecule has 0 heterocycles. The van der Waals surface area contributed by atoms with Gasteiger partial charge in [-0.3, -0.25) is 0 Å². The maximum Gasteiger partial charge on any atom is 0.416 e. The highest BCUT2D eigenvalue weighted by Crippen LogP contribution is 2.32. The van der Waals surface area contributed by atoms with Gasteiger partial charge in [-0.2, -0.15) is 13.2 Å². The van der Waals surface area contributed by atoms with E-state index in [1.165, 1.54) is 12.1 Å². The van der Waals surface area contributed by atoms with Crippen LogP contribution in [0.4, 0.5) is 13.2 Å². The Hall–Kier alpha value is -1.59. The van der Waals surface area contributed by atoms with Gasteiger partial charge in [0.2, 0.25) is 8.32 Å². The van der Waals surface area contributed by atoms with E-state index in [-0.39, 0.29) is 11.1 Å². The van der Waals surface area contributed by atoms with Crippen molar-refractivity contribution in [1.29, 1.82) is 0 Å². The Kier molecular flexibility index (Phi) is 5.25. The summed E-state index contributed by atoms with van der Waals surface area (Å²) in [4.78, 5) is 11.1. The van der Waals surface area contributed by atoms with Crippen LogP contribution in [-0.4, -0.2) is 13.1 Å². The van der Waals surface area contributed by atoms with E-state index in [4.69, 9.17) is 0 Å². The second-order valence-corrected chi connectivity index (χ2v) is 11.3. The molecule has 0 saturated heterocycles. The summed E-state index contributed by atoms with van der Waals surface area (Å²) >= 11 is 0. The molecular weight excluding hydrogens is 329 g/mol. The van der Waals surface area contributed by atoms with Crippen LogP contribution in [0.25, 0.3) is 11.1 Å². The third-order valence-electron chi connectivity index (χ3n) is 4.65. The number of rotatable bonds is 4. The van der Waals surface area contributed by atoms with Gasteiger partial charge in [-0.15, -0.1) is 0 Å². The molecule has 5 heteroatoms. The Bertz CT molecular complexity index is 665. The Morgan fingerprint density at radius 2 is 1.12 bits per heavy atom. The topological polar surface area (TPSA) is 20.2 Å². The number of alkyl halides is 3. The summed E-state index contributed by atoms with van der Waals surface area (Å²) in [5, 5.41) is 0.961. The van der Waals surface area contributed by atoms with Crippen LogP contribution in [0.2, 0.25) is 11.1 Å². The lowest BCUT2D eigenvalue weighted by Gasteiger charge is -2.33. The van der Waals surface area contributed by atoms with E-state index in [1.807, 2.05) is 52.0 Å². The SMILES string of the molecule is CC(C)[Si](O)(c1ccc(-c2ccc(C(F)(F)F)cc2)cc1)C(C)C. The van der Waals surface area contributed by atoms with Gasteiger partial charge in [-0.1, -0.05) is 64.1 Å². The van der Waals surface area contributed by atoms with Crippen molar-refractivity contribution in [3.63, 3.8) is 0 Å². The zero-order valence-electron chi connectivity index (χ0n) is 14.4. The molecule has 0 amide bonds. The molecule has 0 aliphatic carbocycles. The van der Waals surface area contributed by atoms with Crippen molar-refractivity contribution in [3.05, 3.63) is 54.1 Å². The number of halogens is 3. The second kappa shape index (κ2) is 6.73. The van der Waals surface area contributed by atoms with Crippen molar-refractivity contribution in [2.75, 3.05) is 0 Å². The average Bonchev–Trinajstić information content (AvgIpc) is 2.53. The van der Waals surface area contributed by atoms with E-state index < -0.39 is 20.1 Å². The molecule has 0 atom stereocenters. The van der Waals surface area contributed by atoms with Gasteiger partial charge in [-0.25, -0.2) is 0 Å². The molecule has 2 rings (SSSR count). The minimum absolute atomic E-state index is 0.189. The third-order valence-corrected chi connectivity index (χ3v) is 9.43. The summed E-state index contributed by atoms with van der Waals surface area (Å²) < 4.78 is 37.9. The molecule has 0 aliphatic heterocycles. The van der Waals surface area contributed by atoms with Gasteiger partial charge in [0.1, 0.15) is 0 Å². The first-order valence-electron chi connectivity index (χ1n) is 8.07. The fourth-order valence-electron chi connectivity index (χ4n) is 3.11.